The van der Waals surface area contributed by atoms with Crippen LogP contribution in [0.25, 0.3) is 6.08 Å². The Morgan fingerprint density at radius 1 is 1.12 bits per heavy atom. The first kappa shape index (κ1) is 23.5. The van der Waals surface area contributed by atoms with Crippen LogP contribution in [-0.4, -0.2) is 33.8 Å². The fourth-order valence-corrected chi connectivity index (χ4v) is 4.04. The van der Waals surface area contributed by atoms with Gasteiger partial charge < -0.3 is 9.84 Å². The Balaban J connectivity index is 1.96. The third kappa shape index (κ3) is 5.16. The van der Waals surface area contributed by atoms with Gasteiger partial charge in [0, 0.05) is 31.8 Å². The molecule has 0 unspecified atom stereocenters. The number of allylic oxidation sites excluding steroid dienone is 1. The average molecular weight is 439 g/mol. The van der Waals surface area contributed by atoms with E-state index >= 15 is 0 Å². The number of carbonyl (C=O) groups is 1. The average Bonchev–Trinajstić information content (AvgIpc) is 3.01. The maximum Gasteiger partial charge on any atom is 0.269 e. The molecule has 7 heteroatoms. The van der Waals surface area contributed by atoms with Crippen LogP contribution in [0, 0.1) is 28.9 Å². The van der Waals surface area contributed by atoms with E-state index in [1.165, 1.54) is 12.1 Å². The Bertz CT molecular complexity index is 1040. The van der Waals surface area contributed by atoms with Crippen LogP contribution in [0.1, 0.15) is 54.7 Å². The van der Waals surface area contributed by atoms with Crippen molar-refractivity contribution in [1.82, 2.24) is 4.90 Å². The molecule has 1 aliphatic rings. The van der Waals surface area contributed by atoms with Crippen LogP contribution in [0.15, 0.2) is 36.1 Å². The molecular weight excluding hydrogens is 408 g/mol. The number of nitro groups is 1. The zero-order valence-corrected chi connectivity index (χ0v) is 19.2. The molecule has 0 bridgehead atoms. The van der Waals surface area contributed by atoms with Gasteiger partial charge in [0.2, 0.25) is 5.78 Å². The Labute approximate surface area is 188 Å². The maximum atomic E-state index is 13.1. The van der Waals surface area contributed by atoms with E-state index in [-0.39, 0.29) is 23.0 Å². The molecule has 2 aromatic carbocycles. The van der Waals surface area contributed by atoms with Crippen LogP contribution >= 0.6 is 0 Å². The van der Waals surface area contributed by atoms with Gasteiger partial charge in [0.05, 0.1) is 16.1 Å². The van der Waals surface area contributed by atoms with Crippen molar-refractivity contribution in [3.63, 3.8) is 0 Å². The normalized spacial score (nSPS) is 14.5. The van der Waals surface area contributed by atoms with E-state index in [0.29, 0.717) is 46.4 Å². The molecule has 0 saturated heterocycles. The van der Waals surface area contributed by atoms with Gasteiger partial charge in [-0.3, -0.25) is 19.8 Å². The number of hydrogen-bond acceptors (Lipinski definition) is 6. The number of aromatic hydroxyl groups is 1. The quantitative estimate of drug-likeness (QED) is 0.340. The smallest absolute Gasteiger partial charge is 0.269 e. The second-order valence-corrected chi connectivity index (χ2v) is 9.17. The number of ketones is 1. The maximum absolute atomic E-state index is 13.1. The lowest BCUT2D eigenvalue weighted by Gasteiger charge is -2.27. The number of phenolic OH excluding ortho intramolecular Hbond substituents is 1. The summed E-state index contributed by atoms with van der Waals surface area (Å²) in [5.41, 5.74) is 2.31. The van der Waals surface area contributed by atoms with Crippen molar-refractivity contribution in [2.75, 3.05) is 13.1 Å². The van der Waals surface area contributed by atoms with E-state index < -0.39 is 4.92 Å². The fourth-order valence-electron chi connectivity index (χ4n) is 4.04. The van der Waals surface area contributed by atoms with Gasteiger partial charge in [-0.1, -0.05) is 27.7 Å². The summed E-state index contributed by atoms with van der Waals surface area (Å²) in [6.45, 7) is 12.6. The number of Topliss-reactive ketones (excluding diaryl/α,β-unsaturated/α-hetero) is 1. The largest absolute Gasteiger partial charge is 0.507 e. The van der Waals surface area contributed by atoms with Crippen molar-refractivity contribution in [2.45, 2.75) is 41.2 Å². The van der Waals surface area contributed by atoms with Gasteiger partial charge in [0.15, 0.2) is 5.76 Å². The van der Waals surface area contributed by atoms with Gasteiger partial charge in [-0.05, 0) is 54.2 Å². The van der Waals surface area contributed by atoms with Crippen molar-refractivity contribution in [3.8, 4) is 11.5 Å². The van der Waals surface area contributed by atoms with E-state index in [0.717, 1.165) is 13.1 Å². The Kier molecular flexibility index (Phi) is 6.99. The highest BCUT2D eigenvalue weighted by molar-refractivity contribution is 6.15. The van der Waals surface area contributed by atoms with Crippen molar-refractivity contribution in [1.29, 1.82) is 0 Å². The third-order valence-corrected chi connectivity index (χ3v) is 5.25. The number of ether oxygens (including phenoxy) is 1. The van der Waals surface area contributed by atoms with Gasteiger partial charge in [0.1, 0.15) is 11.5 Å². The fraction of sp³-hybridized carbons (Fsp3) is 0.400. The van der Waals surface area contributed by atoms with Gasteiger partial charge >= 0.3 is 0 Å². The van der Waals surface area contributed by atoms with E-state index in [2.05, 4.69) is 32.6 Å². The molecule has 0 radical (unpaired) electrons. The van der Waals surface area contributed by atoms with Crippen LogP contribution in [0.3, 0.4) is 0 Å². The minimum Gasteiger partial charge on any atom is -0.507 e. The molecule has 0 aromatic heterocycles. The van der Waals surface area contributed by atoms with Gasteiger partial charge in [-0.2, -0.15) is 0 Å². The summed E-state index contributed by atoms with van der Waals surface area (Å²) in [6, 6.07) is 7.54. The molecule has 1 N–H and O–H groups in total. The second-order valence-electron chi connectivity index (χ2n) is 9.17. The number of fused-ring (bicyclic) bond motifs is 1. The molecule has 2 aromatic rings. The summed E-state index contributed by atoms with van der Waals surface area (Å²) in [4.78, 5) is 25.8. The molecular formula is C25H30N2O5. The molecule has 7 nitrogen and oxygen atoms in total. The summed E-state index contributed by atoms with van der Waals surface area (Å²) in [5.74, 6) is 1.31. The monoisotopic (exact) mass is 438 g/mol. The van der Waals surface area contributed by atoms with Crippen LogP contribution in [0.4, 0.5) is 5.69 Å². The minimum absolute atomic E-state index is 0.0208. The highest BCUT2D eigenvalue weighted by Gasteiger charge is 2.33. The van der Waals surface area contributed by atoms with Crippen molar-refractivity contribution < 1.29 is 19.6 Å². The molecule has 0 amide bonds. The van der Waals surface area contributed by atoms with Gasteiger partial charge in [-0.25, -0.2) is 0 Å². The third-order valence-electron chi connectivity index (χ3n) is 5.25. The van der Waals surface area contributed by atoms with Crippen LogP contribution in [0.2, 0.25) is 0 Å². The first-order valence-corrected chi connectivity index (χ1v) is 10.8. The molecule has 1 heterocycles. The summed E-state index contributed by atoms with van der Waals surface area (Å²) >= 11 is 0. The number of carbonyl (C=O) groups excluding carboxylic acids is 1. The minimum atomic E-state index is -0.470. The number of benzene rings is 2. The molecule has 0 atom stereocenters. The number of nitro benzene ring substituents is 1. The van der Waals surface area contributed by atoms with Crippen molar-refractivity contribution in [2.24, 2.45) is 11.8 Å². The molecule has 0 aliphatic carbocycles. The molecule has 0 fully saturated rings. The molecule has 32 heavy (non-hydrogen) atoms. The molecule has 1 aliphatic heterocycles. The number of hydrogen-bond donors (Lipinski definition) is 1. The van der Waals surface area contributed by atoms with Gasteiger partial charge in [0.25, 0.3) is 5.69 Å². The number of aryl methyl sites for hydroxylation is 1. The van der Waals surface area contributed by atoms with Crippen LogP contribution in [-0.2, 0) is 6.54 Å². The lowest BCUT2D eigenvalue weighted by Crippen LogP contribution is -2.31. The molecule has 170 valence electrons. The Hall–Kier alpha value is -3.19. The number of nitrogens with zero attached hydrogens (tertiary/aromatic N) is 2. The first-order valence-electron chi connectivity index (χ1n) is 10.8. The van der Waals surface area contributed by atoms with E-state index in [9.17, 15) is 20.0 Å². The standard InChI is InChI=1S/C25H30N2O5/c1-15(2)12-26(13-16(3)4)14-20-21(28)10-17(5)23-24(29)22(32-25(20)23)11-18-6-8-19(9-7-18)27(30)31/h6-11,15-16,28H,12-14H2,1-5H3/b22-11+. The molecule has 3 rings (SSSR count). The second kappa shape index (κ2) is 9.53. The zero-order chi connectivity index (χ0) is 23.6. The van der Waals surface area contributed by atoms with Crippen molar-refractivity contribution >= 4 is 17.5 Å². The summed E-state index contributed by atoms with van der Waals surface area (Å²) in [7, 11) is 0. The predicted octanol–water partition coefficient (Wildman–Crippen LogP) is 5.34. The number of non-ortho nitro benzene ring substituents is 1. The predicted molar refractivity (Wildman–Crippen MR) is 124 cm³/mol. The molecule has 0 saturated carbocycles. The molecule has 0 spiro atoms. The summed E-state index contributed by atoms with van der Waals surface area (Å²) < 4.78 is 6.00. The number of rotatable bonds is 8. The van der Waals surface area contributed by atoms with Crippen LogP contribution in [0.5, 0.6) is 11.5 Å². The number of phenols is 1. The topological polar surface area (TPSA) is 92.9 Å². The van der Waals surface area contributed by atoms with E-state index in [1.807, 2.05) is 0 Å². The van der Waals surface area contributed by atoms with E-state index in [1.54, 1.807) is 31.2 Å². The lowest BCUT2D eigenvalue weighted by atomic mass is 9.98. The van der Waals surface area contributed by atoms with E-state index in [4.69, 9.17) is 4.74 Å². The zero-order valence-electron chi connectivity index (χ0n) is 19.2. The summed E-state index contributed by atoms with van der Waals surface area (Å²) in [6.07, 6.45) is 1.58. The Morgan fingerprint density at radius 3 is 2.25 bits per heavy atom. The highest BCUT2D eigenvalue weighted by Crippen LogP contribution is 2.42. The first-order chi connectivity index (χ1) is 15.1. The lowest BCUT2D eigenvalue weighted by molar-refractivity contribution is -0.384. The van der Waals surface area contributed by atoms with Crippen LogP contribution < -0.4 is 4.74 Å². The van der Waals surface area contributed by atoms with Crippen molar-refractivity contribution in [3.05, 3.63) is 68.5 Å². The highest BCUT2D eigenvalue weighted by atomic mass is 16.6. The summed E-state index contributed by atoms with van der Waals surface area (Å²) in [5, 5.41) is 21.6. The van der Waals surface area contributed by atoms with Gasteiger partial charge in [-0.15, -0.1) is 0 Å². The Morgan fingerprint density at radius 2 is 1.72 bits per heavy atom. The SMILES string of the molecule is Cc1cc(O)c(CN(CC(C)C)CC(C)C)c2c1C(=O)/C(=C\c1ccc([N+](=O)[O-])cc1)O2.